The van der Waals surface area contributed by atoms with E-state index in [1.54, 1.807) is 0 Å². The molecule has 0 spiro atoms. The number of phenolic OH excluding ortho intramolecular Hbond substituents is 1. The molecule has 0 aliphatic heterocycles. The summed E-state index contributed by atoms with van der Waals surface area (Å²) in [4.78, 5) is -0.0828. The Bertz CT molecular complexity index is 491. The van der Waals surface area contributed by atoms with Crippen LogP contribution in [-0.4, -0.2) is 18.1 Å². The van der Waals surface area contributed by atoms with Crippen LogP contribution < -0.4 is 0 Å². The summed E-state index contributed by atoms with van der Waals surface area (Å²) in [6.45, 7) is 3.88. The van der Waals surface area contributed by atoms with Crippen molar-refractivity contribution in [3.05, 3.63) is 23.3 Å². The first kappa shape index (κ1) is 14.0. The van der Waals surface area contributed by atoms with E-state index >= 15 is 0 Å². The Balaban J connectivity index is 3.47. The Hall–Kier alpha value is -1.07. The van der Waals surface area contributed by atoms with Crippen LogP contribution in [0.5, 0.6) is 5.75 Å². The van der Waals surface area contributed by atoms with Crippen LogP contribution in [0.25, 0.3) is 0 Å². The molecule has 1 aromatic carbocycles. The molecule has 0 aromatic heterocycles. The highest BCUT2D eigenvalue weighted by atomic mass is 32.2. The fourth-order valence-electron chi connectivity index (χ4n) is 1.95. The van der Waals surface area contributed by atoms with E-state index < -0.39 is 10.1 Å². The first-order valence-corrected chi connectivity index (χ1v) is 7.17. The second-order valence-corrected chi connectivity index (χ2v) is 5.40. The van der Waals surface area contributed by atoms with Gasteiger partial charge in [0.15, 0.2) is 0 Å². The molecule has 4 nitrogen and oxygen atoms in total. The molecule has 0 atom stereocenters. The maximum atomic E-state index is 11.3. The van der Waals surface area contributed by atoms with E-state index in [-0.39, 0.29) is 10.6 Å². The summed E-state index contributed by atoms with van der Waals surface area (Å²) in [6, 6.07) is 2.59. The lowest BCUT2D eigenvalue weighted by Gasteiger charge is -2.13. The largest absolute Gasteiger partial charge is 0.508 e. The molecule has 2 N–H and O–H groups in total. The van der Waals surface area contributed by atoms with E-state index in [1.165, 1.54) is 12.1 Å². The fourth-order valence-corrected chi connectivity index (χ4v) is 2.73. The molecule has 0 aliphatic carbocycles. The molecule has 17 heavy (non-hydrogen) atoms. The van der Waals surface area contributed by atoms with Crippen molar-refractivity contribution in [3.8, 4) is 5.75 Å². The van der Waals surface area contributed by atoms with E-state index in [2.05, 4.69) is 0 Å². The molecule has 0 saturated heterocycles. The average Bonchev–Trinajstić information content (AvgIpc) is 2.22. The molecular weight excluding hydrogens is 240 g/mol. The zero-order chi connectivity index (χ0) is 13.1. The first-order chi connectivity index (χ1) is 7.91. The maximum Gasteiger partial charge on any atom is 0.294 e. The highest BCUT2D eigenvalue weighted by Gasteiger charge is 2.19. The minimum absolute atomic E-state index is 0.0828. The van der Waals surface area contributed by atoms with Crippen molar-refractivity contribution in [3.63, 3.8) is 0 Å². The molecule has 0 fully saturated rings. The minimum atomic E-state index is -4.22. The smallest absolute Gasteiger partial charge is 0.294 e. The lowest BCUT2D eigenvalue weighted by Crippen LogP contribution is -2.06. The second-order valence-electron chi connectivity index (χ2n) is 4.01. The van der Waals surface area contributed by atoms with Gasteiger partial charge in [0.25, 0.3) is 10.1 Å². The Morgan fingerprint density at radius 3 is 2.06 bits per heavy atom. The third kappa shape index (κ3) is 3.20. The third-order valence-electron chi connectivity index (χ3n) is 2.64. The van der Waals surface area contributed by atoms with Crippen molar-refractivity contribution in [2.75, 3.05) is 0 Å². The van der Waals surface area contributed by atoms with E-state index in [0.717, 1.165) is 12.8 Å². The monoisotopic (exact) mass is 258 g/mol. The van der Waals surface area contributed by atoms with E-state index in [0.29, 0.717) is 24.0 Å². The lowest BCUT2D eigenvalue weighted by atomic mass is 9.98. The maximum absolute atomic E-state index is 11.3. The molecule has 96 valence electrons. The number of rotatable bonds is 5. The molecule has 0 heterocycles. The third-order valence-corrected chi connectivity index (χ3v) is 3.58. The van der Waals surface area contributed by atoms with Gasteiger partial charge in [-0.15, -0.1) is 0 Å². The van der Waals surface area contributed by atoms with Crippen molar-refractivity contribution in [1.29, 1.82) is 0 Å². The normalized spacial score (nSPS) is 11.7. The van der Waals surface area contributed by atoms with Gasteiger partial charge >= 0.3 is 0 Å². The van der Waals surface area contributed by atoms with Gasteiger partial charge in [0.1, 0.15) is 5.75 Å². The molecule has 1 aromatic rings. The van der Waals surface area contributed by atoms with Gasteiger partial charge in [-0.05, 0) is 36.1 Å². The van der Waals surface area contributed by atoms with Gasteiger partial charge in [-0.2, -0.15) is 8.42 Å². The lowest BCUT2D eigenvalue weighted by molar-refractivity contribution is 0.463. The average molecular weight is 258 g/mol. The molecular formula is C12H18O4S. The van der Waals surface area contributed by atoms with Crippen LogP contribution in [0.4, 0.5) is 0 Å². The van der Waals surface area contributed by atoms with Crippen molar-refractivity contribution in [1.82, 2.24) is 0 Å². The summed E-state index contributed by atoms with van der Waals surface area (Å²) in [5.74, 6) is 0.0997. The SMILES string of the molecule is CCCc1c(O)ccc(S(=O)(=O)O)c1CCC. The Labute approximate surface area is 102 Å². The number of aromatic hydroxyl groups is 1. The van der Waals surface area contributed by atoms with Gasteiger partial charge in [0.2, 0.25) is 0 Å². The predicted octanol–water partition coefficient (Wildman–Crippen LogP) is 2.54. The van der Waals surface area contributed by atoms with Crippen LogP contribution >= 0.6 is 0 Å². The molecule has 0 unspecified atom stereocenters. The highest BCUT2D eigenvalue weighted by Crippen LogP contribution is 2.29. The van der Waals surface area contributed by atoms with E-state index in [9.17, 15) is 18.1 Å². The van der Waals surface area contributed by atoms with E-state index in [1.807, 2.05) is 13.8 Å². The van der Waals surface area contributed by atoms with Crippen LogP contribution in [0.15, 0.2) is 17.0 Å². The summed E-state index contributed by atoms with van der Waals surface area (Å²) in [5.41, 5.74) is 1.17. The van der Waals surface area contributed by atoms with Crippen molar-refractivity contribution in [2.24, 2.45) is 0 Å². The molecule has 1 rings (SSSR count). The van der Waals surface area contributed by atoms with Gasteiger partial charge in [-0.1, -0.05) is 26.7 Å². The number of benzene rings is 1. The Kier molecular flexibility index (Phi) is 4.54. The Morgan fingerprint density at radius 2 is 1.59 bits per heavy atom. The topological polar surface area (TPSA) is 74.6 Å². The second kappa shape index (κ2) is 5.51. The number of hydrogen-bond acceptors (Lipinski definition) is 3. The van der Waals surface area contributed by atoms with Crippen LogP contribution in [0.2, 0.25) is 0 Å². The van der Waals surface area contributed by atoms with Crippen molar-refractivity contribution >= 4 is 10.1 Å². The molecule has 0 radical (unpaired) electrons. The van der Waals surface area contributed by atoms with Gasteiger partial charge in [0.05, 0.1) is 4.90 Å². The highest BCUT2D eigenvalue weighted by molar-refractivity contribution is 7.85. The predicted molar refractivity (Wildman–Crippen MR) is 65.9 cm³/mol. The standard InChI is InChI=1S/C12H18O4S/c1-3-5-9-10(6-4-2)12(17(14,15)16)8-7-11(9)13/h7-8,13H,3-6H2,1-2H3,(H,14,15,16). The van der Waals surface area contributed by atoms with Gasteiger partial charge in [0, 0.05) is 0 Å². The first-order valence-electron chi connectivity index (χ1n) is 5.73. The van der Waals surface area contributed by atoms with Crippen LogP contribution in [-0.2, 0) is 23.0 Å². The van der Waals surface area contributed by atoms with Crippen LogP contribution in [0.3, 0.4) is 0 Å². The van der Waals surface area contributed by atoms with Crippen LogP contribution in [0.1, 0.15) is 37.8 Å². The van der Waals surface area contributed by atoms with Gasteiger partial charge < -0.3 is 5.11 Å². The Morgan fingerprint density at radius 1 is 1.06 bits per heavy atom. The van der Waals surface area contributed by atoms with Crippen molar-refractivity contribution in [2.45, 2.75) is 44.4 Å². The quantitative estimate of drug-likeness (QED) is 0.796. The zero-order valence-corrected chi connectivity index (χ0v) is 10.9. The molecule has 0 aliphatic rings. The summed E-state index contributed by atoms with van der Waals surface area (Å²) in [7, 11) is -4.22. The molecule has 0 bridgehead atoms. The molecule has 0 saturated carbocycles. The summed E-state index contributed by atoms with van der Waals surface area (Å²) >= 11 is 0. The number of hydrogen-bond donors (Lipinski definition) is 2. The molecule has 5 heteroatoms. The summed E-state index contributed by atoms with van der Waals surface area (Å²) < 4.78 is 31.7. The van der Waals surface area contributed by atoms with Gasteiger partial charge in [-0.3, -0.25) is 4.55 Å². The van der Waals surface area contributed by atoms with Gasteiger partial charge in [-0.25, -0.2) is 0 Å². The van der Waals surface area contributed by atoms with E-state index in [4.69, 9.17) is 0 Å². The van der Waals surface area contributed by atoms with Crippen molar-refractivity contribution < 1.29 is 18.1 Å². The molecule has 0 amide bonds. The zero-order valence-electron chi connectivity index (χ0n) is 10.1. The fraction of sp³-hybridized carbons (Fsp3) is 0.500. The summed E-state index contributed by atoms with van der Waals surface area (Å²) in [6.07, 6.45) is 2.69. The van der Waals surface area contributed by atoms with Crippen LogP contribution in [0, 0.1) is 0 Å². The minimum Gasteiger partial charge on any atom is -0.508 e. The summed E-state index contributed by atoms with van der Waals surface area (Å²) in [5, 5.41) is 9.76. The number of phenols is 1.